The normalized spacial score (nSPS) is 15.6. The molecule has 5 aliphatic rings. The van der Waals surface area contributed by atoms with Gasteiger partial charge in [0.25, 0.3) is 0 Å². The van der Waals surface area contributed by atoms with Gasteiger partial charge in [-0.05, 0) is 119 Å². The van der Waals surface area contributed by atoms with Gasteiger partial charge in [-0.3, -0.25) is 0 Å². The van der Waals surface area contributed by atoms with Crippen LogP contribution in [0.15, 0.2) is 243 Å². The maximum atomic E-state index is 4.58. The maximum Gasteiger partial charge on any atom is 0.319 e. The fourth-order valence-electron chi connectivity index (χ4n) is 16.9. The molecule has 5 aliphatic heterocycles. The van der Waals surface area contributed by atoms with Gasteiger partial charge in [0.15, 0.2) is 0 Å². The van der Waals surface area contributed by atoms with Crippen molar-refractivity contribution in [3.8, 4) is 0 Å². The van der Waals surface area contributed by atoms with E-state index in [0.29, 0.717) is 75.9 Å². The van der Waals surface area contributed by atoms with Gasteiger partial charge in [-0.15, -0.1) is 0 Å². The third-order valence-electron chi connectivity index (χ3n) is 23.4. The van der Waals surface area contributed by atoms with Crippen LogP contribution in [0, 0.1) is 0 Å². The number of aromatic nitrogens is 5. The average molecular weight is 2600 g/mol. The Labute approximate surface area is 816 Å². The molecule has 0 saturated carbocycles. The molecule has 5 aromatic heterocycles. The predicted octanol–water partition coefficient (Wildman–Crippen LogP) is 13.3. The molecule has 0 bridgehead atoms. The van der Waals surface area contributed by atoms with Crippen molar-refractivity contribution in [2.45, 2.75) is 180 Å². The molecular weight excluding hydrogens is 2480 g/mol. The summed E-state index contributed by atoms with van der Waals surface area (Å²) in [6.07, 6.45) is 22.1. The topological polar surface area (TPSA) is 119 Å². The minimum Gasteiger partial charge on any atom is -0.472 e. The van der Waals surface area contributed by atoms with Gasteiger partial charge in [-0.1, -0.05) is 360 Å². The van der Waals surface area contributed by atoms with Crippen molar-refractivity contribution < 1.29 is 105 Å². The Kier molecular flexibility index (Phi) is 46.9. The molecule has 0 aliphatic carbocycles. The number of nitrogens with zero attached hydrogens (tertiary/aromatic N) is 20. The van der Waals surface area contributed by atoms with Crippen LogP contribution in [-0.4, -0.2) is 175 Å². The number of hydrogen-bond donors (Lipinski definition) is 0. The summed E-state index contributed by atoms with van der Waals surface area (Å²) < 4.78 is 38.1. The molecule has 10 heterocycles. The summed E-state index contributed by atoms with van der Waals surface area (Å²) >= 11 is 0. The molecule has 15 rings (SSSR count). The number of rotatable bonds is 25. The van der Waals surface area contributed by atoms with Crippen molar-refractivity contribution >= 4 is 177 Å². The summed E-state index contributed by atoms with van der Waals surface area (Å²) in [6, 6.07) is 75.1. The summed E-state index contributed by atoms with van der Waals surface area (Å²) in [4.78, 5) is 22.8. The Hall–Kier alpha value is -4.52. The predicted molar refractivity (Wildman–Crippen MR) is 520 cm³/mol. The molecule has 5 saturated heterocycles. The van der Waals surface area contributed by atoms with Crippen LogP contribution in [0.5, 0.6) is 0 Å². The van der Waals surface area contributed by atoms with Gasteiger partial charge in [0.2, 0.25) is 34.9 Å². The second kappa shape index (κ2) is 54.0. The molecule has 0 spiro atoms. The maximum absolute atomic E-state index is 4.58. The SMILES string of the molecule is CB1N(c2ccccc2)[SiH]N(c2ccc[n-]2)B(C)N1C(C)C.CCCCCCN1B(C)N(c2ccccc2)[SiH]N(c2ccc[n-]2)B1C.CCCCCN1B(C)N(c2ccccc2)[SiH]N(c2ccc[n-]2)B1C.CCCCN1B(C)N(c2ccccc2)[SiH]N(c2ccc[n-]2)B1C.CCCN1B(C)N(c2ccccc2)[SiH]N(c2ccc[n-]2)B1C.[Pt].[Pt].[Pt].[Pt].[Pt]. The first-order chi connectivity index (χ1) is 56.5. The molecule has 0 unspecified atom stereocenters. The van der Waals surface area contributed by atoms with Crippen LogP contribution in [0.25, 0.3) is 0 Å². The smallest absolute Gasteiger partial charge is 0.319 e. The Morgan fingerprint density at radius 1 is 0.231 bits per heavy atom. The first-order valence-electron chi connectivity index (χ1n) is 43.0. The Morgan fingerprint density at radius 2 is 0.438 bits per heavy atom. The van der Waals surface area contributed by atoms with Crippen molar-refractivity contribution in [3.63, 3.8) is 0 Å². The van der Waals surface area contributed by atoms with Crippen molar-refractivity contribution in [2.24, 2.45) is 0 Å². The van der Waals surface area contributed by atoms with Crippen molar-refractivity contribution in [2.75, 3.05) is 70.9 Å². The van der Waals surface area contributed by atoms with E-state index in [-0.39, 0.29) is 155 Å². The van der Waals surface area contributed by atoms with Crippen molar-refractivity contribution in [1.29, 1.82) is 0 Å². The molecule has 5 aromatic carbocycles. The Bertz CT molecular complexity index is 4290. The van der Waals surface area contributed by atoms with Gasteiger partial charge in [-0.25, -0.2) is 0 Å². The van der Waals surface area contributed by atoms with E-state index in [1.165, 1.54) is 86.2 Å². The zero-order chi connectivity index (χ0) is 82.0. The fourth-order valence-corrected chi connectivity index (χ4v) is 24.7. The molecule has 10 aromatic rings. The van der Waals surface area contributed by atoms with Crippen LogP contribution in [-0.2, 0) is 105 Å². The van der Waals surface area contributed by atoms with Crippen LogP contribution in [0.2, 0.25) is 68.2 Å². The van der Waals surface area contributed by atoms with Gasteiger partial charge in [0, 0.05) is 134 Å². The molecule has 20 nitrogen and oxygen atoms in total. The quantitative estimate of drug-likeness (QED) is 0.0398. The van der Waals surface area contributed by atoms with Crippen molar-refractivity contribution in [3.05, 3.63) is 243 Å². The molecule has 5 fully saturated rings. The van der Waals surface area contributed by atoms with E-state index in [4.69, 9.17) is 0 Å². The van der Waals surface area contributed by atoms with E-state index in [9.17, 15) is 0 Å². The van der Waals surface area contributed by atoms with Gasteiger partial charge >= 0.3 is 34.9 Å². The molecule has 40 heteroatoms. The van der Waals surface area contributed by atoms with Crippen LogP contribution in [0.4, 0.5) is 57.5 Å². The number of anilines is 10. The number of hydrogen-bond acceptors (Lipinski definition) is 15. The van der Waals surface area contributed by atoms with E-state index in [1.54, 1.807) is 0 Å². The van der Waals surface area contributed by atoms with E-state index in [2.05, 4.69) is 385 Å². The minimum absolute atomic E-state index is 0. The third kappa shape index (κ3) is 27.5. The zero-order valence-corrected chi connectivity index (χ0v) is 90.9. The van der Waals surface area contributed by atoms with Crippen LogP contribution >= 0.6 is 0 Å². The van der Waals surface area contributed by atoms with E-state index in [1.807, 2.05) is 61.3 Å². The molecule has 0 amide bonds. The molecule has 0 N–H and O–H groups in total. The summed E-state index contributed by atoms with van der Waals surface area (Å²) in [6.45, 7) is 45.3. The third-order valence-corrected chi connectivity index (χ3v) is 33.0. The molecule has 5 radical (unpaired) electrons. The first kappa shape index (κ1) is 105. The van der Waals surface area contributed by atoms with Crippen LogP contribution in [0.3, 0.4) is 0 Å². The molecule has 0 atom stereocenters. The first-order valence-corrected chi connectivity index (χ1v) is 48.2. The summed E-state index contributed by atoms with van der Waals surface area (Å²) in [5.74, 6) is 5.49. The second-order valence-electron chi connectivity index (χ2n) is 31.2. The Balaban J connectivity index is 0.000000232. The standard InChI is InChI=1S/C18H28B2N4Si.C17H26B2N4Si.C16H24B2N4Si.2C15H22B2N4Si.5Pt/c1-4-5-6-10-16-22-19(2)23(17-12-8-7-9-13-17)25-24(20(22)3)18-14-11-15-21-18;1-4-5-9-15-21-18(2)22(16-11-7-6-8-12-16)24-23(19(21)3)17-13-10-14-20-17;1-4-5-14-20-17(2)21(15-10-7-6-8-11-15)23-22(18(20)3)16-12-9-13-19-16;1-13(2)19-16(3)20(14-9-6-5-7-10-14)22-21(17(19)4)15-11-8-12-18-15;1-4-13-19-16(2)20(14-9-6-5-7-10-14)22-21(17(19)3)15-11-8-12-18-15;;;;;/h7-9,11-15,25H,4-6,10,16H2,1-3H3;6-8,10-14,24H,4-5,9,15H2,1-3H3;6-13,23H,4-5,14H2,1-3H3;5-13,22H,1-4H3;5-12,22H,4,13H2,1-3H3;;;;;/q5*-1;;;;;. The molecule has 121 heavy (non-hydrogen) atoms. The largest absolute Gasteiger partial charge is 0.472 e. The number of benzene rings is 5. The van der Waals surface area contributed by atoms with E-state index in [0.717, 1.165) is 61.7 Å². The second-order valence-corrected chi connectivity index (χ2v) is 38.0. The fraction of sp³-hybridized carbons (Fsp3) is 0.383. The molecule has 651 valence electrons. The summed E-state index contributed by atoms with van der Waals surface area (Å²) in [5, 5.41) is 0. The van der Waals surface area contributed by atoms with E-state index < -0.39 is 0 Å². The minimum atomic E-state index is -0.0347. The van der Waals surface area contributed by atoms with Crippen LogP contribution < -0.4 is 69.7 Å². The monoisotopic (exact) mass is 2600 g/mol. The zero-order valence-electron chi connectivity index (χ0n) is 73.8. The van der Waals surface area contributed by atoms with Gasteiger partial charge in [-0.2, -0.15) is 0 Å². The van der Waals surface area contributed by atoms with Crippen LogP contribution in [0.1, 0.15) is 106 Å². The summed E-state index contributed by atoms with van der Waals surface area (Å²) in [5.41, 5.74) is 6.52. The average Bonchev–Trinajstić information content (AvgIpc) is 1.79. The van der Waals surface area contributed by atoms with Gasteiger partial charge in [0.1, 0.15) is 49.2 Å². The van der Waals surface area contributed by atoms with Crippen molar-refractivity contribution in [1.82, 2.24) is 48.5 Å². The van der Waals surface area contributed by atoms with E-state index >= 15 is 0 Å². The number of para-hydroxylation sites is 5. The molecular formula is C81H122B10N20Pt5Si5-5. The van der Waals surface area contributed by atoms with Gasteiger partial charge in [0.05, 0.1) is 0 Å². The number of unbranched alkanes of at least 4 members (excludes halogenated alkanes) is 6. The van der Waals surface area contributed by atoms with Gasteiger partial charge < -0.3 is 93.3 Å². The summed E-state index contributed by atoms with van der Waals surface area (Å²) in [7, 11) is -0.135. The Morgan fingerprint density at radius 3 is 0.669 bits per heavy atom.